The zero-order valence-corrected chi connectivity index (χ0v) is 27.6. The Morgan fingerprint density at radius 1 is 0.490 bits per heavy atom. The lowest BCUT2D eigenvalue weighted by Gasteiger charge is -2.57. The molecule has 0 N–H and O–H groups in total. The van der Waals surface area contributed by atoms with Gasteiger partial charge in [0.1, 0.15) is 5.52 Å². The fraction of sp³-hybridized carbons (Fsp3) is 0.217. The number of pyridine rings is 1. The monoisotopic (exact) mass is 634 g/mol. The Bertz CT molecular complexity index is 2260. The minimum Gasteiger partial charge on any atom is -0.443 e. The zero-order chi connectivity index (χ0) is 32.4. The van der Waals surface area contributed by atoms with Gasteiger partial charge in [0.25, 0.3) is 0 Å². The molecule has 3 nitrogen and oxygen atoms in total. The highest BCUT2D eigenvalue weighted by molar-refractivity contribution is 5.91. The molecule has 2 aromatic heterocycles. The van der Waals surface area contributed by atoms with E-state index >= 15 is 0 Å². The molecular formula is C46H38N2O. The van der Waals surface area contributed by atoms with Gasteiger partial charge in [-0.1, -0.05) is 109 Å². The van der Waals surface area contributed by atoms with Gasteiger partial charge in [-0.3, -0.25) is 0 Å². The second-order valence-corrected chi connectivity index (χ2v) is 14.9. The maximum absolute atomic E-state index is 5.74. The Morgan fingerprint density at radius 2 is 1.06 bits per heavy atom. The first kappa shape index (κ1) is 28.7. The third kappa shape index (κ3) is 5.11. The molecule has 4 bridgehead atoms. The van der Waals surface area contributed by atoms with Crippen LogP contribution >= 0.6 is 0 Å². The van der Waals surface area contributed by atoms with Crippen molar-refractivity contribution in [3.63, 3.8) is 0 Å². The molecule has 4 aliphatic carbocycles. The standard InChI is InChI=1S/C46H38N2O/c1-2-6-35(7-3-1)43-24-39(25-44(48-43)36-16-18-40(19-17-36)46-26-30-20-31(27-46)22-32(21-30)28-46)34-14-12-33(13-15-34)37-8-4-9-38(23-37)41-10-5-11-42-45(41)49-29-47-42/h1-19,23-25,29-32H,20-22,26-28H2. The van der Waals surface area contributed by atoms with Gasteiger partial charge >= 0.3 is 0 Å². The molecular weight excluding hydrogens is 597 g/mol. The number of benzene rings is 5. The van der Waals surface area contributed by atoms with Crippen LogP contribution in [-0.2, 0) is 5.41 Å². The van der Waals surface area contributed by atoms with Crippen molar-refractivity contribution >= 4 is 11.1 Å². The molecule has 49 heavy (non-hydrogen) atoms. The van der Waals surface area contributed by atoms with Crippen LogP contribution in [0.15, 0.2) is 144 Å². The quantitative estimate of drug-likeness (QED) is 0.183. The van der Waals surface area contributed by atoms with E-state index in [1.54, 1.807) is 5.56 Å². The van der Waals surface area contributed by atoms with Crippen molar-refractivity contribution in [1.82, 2.24) is 9.97 Å². The molecule has 5 aromatic carbocycles. The second kappa shape index (κ2) is 11.4. The predicted molar refractivity (Wildman–Crippen MR) is 199 cm³/mol. The van der Waals surface area contributed by atoms with Crippen LogP contribution in [0.4, 0.5) is 0 Å². The van der Waals surface area contributed by atoms with Gasteiger partial charge in [0, 0.05) is 16.7 Å². The van der Waals surface area contributed by atoms with Crippen molar-refractivity contribution in [3.05, 3.63) is 145 Å². The van der Waals surface area contributed by atoms with Crippen molar-refractivity contribution in [2.75, 3.05) is 0 Å². The second-order valence-electron chi connectivity index (χ2n) is 14.9. The maximum Gasteiger partial charge on any atom is 0.182 e. The summed E-state index contributed by atoms with van der Waals surface area (Å²) < 4.78 is 5.74. The van der Waals surface area contributed by atoms with Gasteiger partial charge in [0.2, 0.25) is 0 Å². The average Bonchev–Trinajstić information content (AvgIpc) is 3.64. The summed E-state index contributed by atoms with van der Waals surface area (Å²) in [5.74, 6) is 2.84. The lowest BCUT2D eigenvalue weighted by atomic mass is 9.48. The van der Waals surface area contributed by atoms with E-state index in [0.717, 1.165) is 56.9 Å². The number of para-hydroxylation sites is 1. The number of nitrogens with zero attached hydrogens (tertiary/aromatic N) is 2. The van der Waals surface area contributed by atoms with Crippen LogP contribution in [0.2, 0.25) is 0 Å². The van der Waals surface area contributed by atoms with Gasteiger partial charge in [0.05, 0.1) is 11.4 Å². The Labute approximate surface area is 287 Å². The van der Waals surface area contributed by atoms with Gasteiger partial charge in [-0.25, -0.2) is 9.97 Å². The van der Waals surface area contributed by atoms with Crippen LogP contribution < -0.4 is 0 Å². The molecule has 0 spiro atoms. The Kier molecular flexibility index (Phi) is 6.69. The molecule has 0 unspecified atom stereocenters. The van der Waals surface area contributed by atoms with E-state index in [-0.39, 0.29) is 0 Å². The summed E-state index contributed by atoms with van der Waals surface area (Å²) in [6.07, 6.45) is 10.1. The van der Waals surface area contributed by atoms with E-state index in [9.17, 15) is 0 Å². The lowest BCUT2D eigenvalue weighted by Crippen LogP contribution is -2.48. The molecule has 11 rings (SSSR count). The van der Waals surface area contributed by atoms with Crippen molar-refractivity contribution < 1.29 is 4.42 Å². The molecule has 0 aliphatic heterocycles. The minimum atomic E-state index is 0.405. The first-order valence-corrected chi connectivity index (χ1v) is 17.9. The molecule has 4 aliphatic rings. The summed E-state index contributed by atoms with van der Waals surface area (Å²) in [5, 5.41) is 0. The topological polar surface area (TPSA) is 38.9 Å². The molecule has 0 radical (unpaired) electrons. The smallest absolute Gasteiger partial charge is 0.182 e. The number of oxazole rings is 1. The van der Waals surface area contributed by atoms with Gasteiger partial charge in [0.15, 0.2) is 12.0 Å². The third-order valence-corrected chi connectivity index (χ3v) is 11.8. The average molecular weight is 635 g/mol. The molecule has 7 aromatic rings. The van der Waals surface area contributed by atoms with E-state index in [4.69, 9.17) is 9.40 Å². The first-order valence-electron chi connectivity index (χ1n) is 17.9. The molecule has 2 heterocycles. The van der Waals surface area contributed by atoms with Gasteiger partial charge in [-0.05, 0) is 119 Å². The predicted octanol–water partition coefficient (Wildman–Crippen LogP) is 12.0. The molecule has 238 valence electrons. The van der Waals surface area contributed by atoms with Gasteiger partial charge in [-0.2, -0.15) is 0 Å². The van der Waals surface area contributed by atoms with Gasteiger partial charge < -0.3 is 4.42 Å². The summed E-state index contributed by atoms with van der Waals surface area (Å²) in [4.78, 5) is 9.57. The van der Waals surface area contributed by atoms with E-state index < -0.39 is 0 Å². The van der Waals surface area contributed by atoms with E-state index in [1.807, 2.05) is 12.1 Å². The molecule has 4 fully saturated rings. The van der Waals surface area contributed by atoms with E-state index in [0.29, 0.717) is 5.41 Å². The Morgan fingerprint density at radius 3 is 1.76 bits per heavy atom. The highest BCUT2D eigenvalue weighted by atomic mass is 16.3. The molecule has 4 saturated carbocycles. The zero-order valence-electron chi connectivity index (χ0n) is 27.6. The Balaban J connectivity index is 0.987. The number of fused-ring (bicyclic) bond motifs is 1. The SMILES string of the molecule is c1ccc(-c2cc(-c3ccc(-c4cccc(-c5cccc6ncoc56)c4)cc3)cc(-c3ccc(C45CC6CC(CC(C6)C4)C5)cc3)n2)cc1. The van der Waals surface area contributed by atoms with Crippen molar-refractivity contribution in [1.29, 1.82) is 0 Å². The molecule has 0 amide bonds. The van der Waals surface area contributed by atoms with Crippen LogP contribution in [0.1, 0.15) is 44.1 Å². The summed E-state index contributed by atoms with van der Waals surface area (Å²) in [6, 6.07) is 48.3. The lowest BCUT2D eigenvalue weighted by molar-refractivity contribution is -0.00518. The van der Waals surface area contributed by atoms with Crippen molar-refractivity contribution in [3.8, 4) is 55.9 Å². The van der Waals surface area contributed by atoms with Crippen molar-refractivity contribution in [2.45, 2.75) is 43.9 Å². The Hall–Kier alpha value is -5.28. The normalized spacial score (nSPS) is 22.5. The number of hydrogen-bond donors (Lipinski definition) is 0. The van der Waals surface area contributed by atoms with Gasteiger partial charge in [-0.15, -0.1) is 0 Å². The van der Waals surface area contributed by atoms with Crippen LogP contribution in [0.25, 0.3) is 67.0 Å². The van der Waals surface area contributed by atoms with E-state index in [1.165, 1.54) is 72.7 Å². The first-order chi connectivity index (χ1) is 24.2. The van der Waals surface area contributed by atoms with Crippen LogP contribution in [0, 0.1) is 17.8 Å². The molecule has 0 saturated heterocycles. The molecule has 3 heteroatoms. The summed E-state index contributed by atoms with van der Waals surface area (Å²) in [6.45, 7) is 0. The number of rotatable bonds is 6. The van der Waals surface area contributed by atoms with Crippen LogP contribution in [0.5, 0.6) is 0 Å². The van der Waals surface area contributed by atoms with Crippen molar-refractivity contribution in [2.24, 2.45) is 17.8 Å². The summed E-state index contributed by atoms with van der Waals surface area (Å²) >= 11 is 0. The summed E-state index contributed by atoms with van der Waals surface area (Å²) in [5.41, 5.74) is 14.8. The fourth-order valence-electron chi connectivity index (χ4n) is 9.90. The number of aromatic nitrogens is 2. The van der Waals surface area contributed by atoms with Crippen LogP contribution in [-0.4, -0.2) is 9.97 Å². The number of hydrogen-bond acceptors (Lipinski definition) is 3. The maximum atomic E-state index is 5.74. The minimum absolute atomic E-state index is 0.405. The highest BCUT2D eigenvalue weighted by Gasteiger charge is 2.51. The fourth-order valence-corrected chi connectivity index (χ4v) is 9.90. The summed E-state index contributed by atoms with van der Waals surface area (Å²) in [7, 11) is 0. The molecule has 0 atom stereocenters. The third-order valence-electron chi connectivity index (χ3n) is 11.8. The largest absolute Gasteiger partial charge is 0.443 e. The highest BCUT2D eigenvalue weighted by Crippen LogP contribution is 2.60. The van der Waals surface area contributed by atoms with E-state index in [2.05, 4.69) is 126 Å². The van der Waals surface area contributed by atoms with Crippen LogP contribution in [0.3, 0.4) is 0 Å².